The highest BCUT2D eigenvalue weighted by Crippen LogP contribution is 2.19. The predicted octanol–water partition coefficient (Wildman–Crippen LogP) is 3.47. The van der Waals surface area contributed by atoms with Crippen LogP contribution in [0.3, 0.4) is 0 Å². The quantitative estimate of drug-likeness (QED) is 0.766. The summed E-state index contributed by atoms with van der Waals surface area (Å²) in [6, 6.07) is 7.56. The third-order valence-corrected chi connectivity index (χ3v) is 2.94. The first-order valence-electron chi connectivity index (χ1n) is 5.48. The molecule has 0 spiro atoms. The molecule has 2 rings (SSSR count). The van der Waals surface area contributed by atoms with Crippen LogP contribution in [0.1, 0.15) is 12.5 Å². The Morgan fingerprint density at radius 3 is 2.65 bits per heavy atom. The van der Waals surface area contributed by atoms with Gasteiger partial charge in [0.1, 0.15) is 6.61 Å². The van der Waals surface area contributed by atoms with Crippen LogP contribution >= 0.6 is 11.6 Å². The van der Waals surface area contributed by atoms with Gasteiger partial charge in [-0.25, -0.2) is 4.79 Å². The van der Waals surface area contributed by atoms with Crippen LogP contribution in [-0.2, 0) is 9.53 Å². The minimum atomic E-state index is -0.210. The molecule has 0 amide bonds. The number of halogens is 1. The van der Waals surface area contributed by atoms with Gasteiger partial charge in [0.2, 0.25) is 0 Å². The van der Waals surface area contributed by atoms with Crippen molar-refractivity contribution in [1.82, 2.24) is 0 Å². The van der Waals surface area contributed by atoms with E-state index in [1.807, 2.05) is 49.4 Å². The summed E-state index contributed by atoms with van der Waals surface area (Å²) >= 11 is 5.80. The first-order valence-corrected chi connectivity index (χ1v) is 5.85. The fourth-order valence-corrected chi connectivity index (χ4v) is 1.80. The molecule has 0 unspecified atom stereocenters. The summed E-state index contributed by atoms with van der Waals surface area (Å²) in [5.74, 6) is -0.140. The average Bonchev–Trinajstić information content (AvgIpc) is 2.74. The van der Waals surface area contributed by atoms with Crippen LogP contribution < -0.4 is 0 Å². The van der Waals surface area contributed by atoms with Crippen molar-refractivity contribution in [2.24, 2.45) is 5.92 Å². The van der Waals surface area contributed by atoms with Crippen LogP contribution in [-0.4, -0.2) is 12.6 Å². The molecule has 0 saturated carbocycles. The number of allylic oxidation sites excluding steroid dienone is 1. The molecule has 88 valence electrons. The van der Waals surface area contributed by atoms with Crippen molar-refractivity contribution in [2.75, 3.05) is 6.61 Å². The normalized spacial score (nSPS) is 17.1. The molecule has 2 nitrogen and oxygen atoms in total. The van der Waals surface area contributed by atoms with Crippen molar-refractivity contribution in [3.63, 3.8) is 0 Å². The summed E-state index contributed by atoms with van der Waals surface area (Å²) in [5.41, 5.74) is 1.79. The van der Waals surface area contributed by atoms with Crippen LogP contribution in [0.25, 0.3) is 6.08 Å². The molecule has 1 atom stereocenters. The zero-order valence-electron chi connectivity index (χ0n) is 9.52. The Labute approximate surface area is 106 Å². The number of esters is 1. The minimum Gasteiger partial charge on any atom is -0.458 e. The molecule has 0 bridgehead atoms. The molecule has 1 aromatic carbocycles. The molecule has 1 heterocycles. The molecule has 0 radical (unpaired) electrons. The van der Waals surface area contributed by atoms with Gasteiger partial charge in [-0.05, 0) is 23.8 Å². The van der Waals surface area contributed by atoms with E-state index in [1.165, 1.54) is 0 Å². The molecule has 0 N–H and O–H groups in total. The first-order chi connectivity index (χ1) is 8.16. The third-order valence-electron chi connectivity index (χ3n) is 2.69. The zero-order valence-corrected chi connectivity index (χ0v) is 10.3. The number of ether oxygens (including phenoxy) is 1. The van der Waals surface area contributed by atoms with E-state index >= 15 is 0 Å². The number of carbonyl (C=O) groups is 1. The molecule has 17 heavy (non-hydrogen) atoms. The van der Waals surface area contributed by atoms with E-state index in [1.54, 1.807) is 0 Å². The number of rotatable bonds is 3. The van der Waals surface area contributed by atoms with Crippen molar-refractivity contribution in [3.05, 3.63) is 52.6 Å². The number of carbonyl (C=O) groups excluding carboxylic acids is 1. The Morgan fingerprint density at radius 1 is 1.35 bits per heavy atom. The van der Waals surface area contributed by atoms with Crippen molar-refractivity contribution in [2.45, 2.75) is 6.92 Å². The van der Waals surface area contributed by atoms with Crippen LogP contribution in [0.4, 0.5) is 0 Å². The second-order valence-electron chi connectivity index (χ2n) is 3.96. The molecule has 1 aliphatic heterocycles. The SMILES string of the molecule is C[C@H](/C=C/c1ccc(Cl)cc1)C1=CCOC1=O. The lowest BCUT2D eigenvalue weighted by molar-refractivity contribution is -0.136. The van der Waals surface area contributed by atoms with Crippen LogP contribution in [0, 0.1) is 5.92 Å². The van der Waals surface area contributed by atoms with Gasteiger partial charge in [0, 0.05) is 16.5 Å². The lowest BCUT2D eigenvalue weighted by Crippen LogP contribution is -2.05. The van der Waals surface area contributed by atoms with Gasteiger partial charge in [0.05, 0.1) is 0 Å². The summed E-state index contributed by atoms with van der Waals surface area (Å²) in [7, 11) is 0. The van der Waals surface area contributed by atoms with Crippen molar-refractivity contribution >= 4 is 23.6 Å². The van der Waals surface area contributed by atoms with Crippen molar-refractivity contribution in [3.8, 4) is 0 Å². The van der Waals surface area contributed by atoms with E-state index in [9.17, 15) is 4.79 Å². The Morgan fingerprint density at radius 2 is 2.06 bits per heavy atom. The van der Waals surface area contributed by atoms with E-state index < -0.39 is 0 Å². The van der Waals surface area contributed by atoms with Crippen LogP contribution in [0.5, 0.6) is 0 Å². The monoisotopic (exact) mass is 248 g/mol. The van der Waals surface area contributed by atoms with Gasteiger partial charge in [-0.15, -0.1) is 0 Å². The van der Waals surface area contributed by atoms with E-state index in [-0.39, 0.29) is 11.9 Å². The lowest BCUT2D eigenvalue weighted by atomic mass is 10.0. The second kappa shape index (κ2) is 5.19. The lowest BCUT2D eigenvalue weighted by Gasteiger charge is -2.04. The van der Waals surface area contributed by atoms with Gasteiger partial charge in [-0.2, -0.15) is 0 Å². The molecular weight excluding hydrogens is 236 g/mol. The predicted molar refractivity (Wildman–Crippen MR) is 68.7 cm³/mol. The highest BCUT2D eigenvalue weighted by molar-refractivity contribution is 6.30. The highest BCUT2D eigenvalue weighted by atomic mass is 35.5. The molecule has 0 aromatic heterocycles. The van der Waals surface area contributed by atoms with Crippen molar-refractivity contribution in [1.29, 1.82) is 0 Å². The fourth-order valence-electron chi connectivity index (χ4n) is 1.68. The Hall–Kier alpha value is -1.54. The number of hydrogen-bond donors (Lipinski definition) is 0. The molecule has 1 aromatic rings. The molecule has 3 heteroatoms. The Balaban J connectivity index is 2.05. The molecule has 0 fully saturated rings. The van der Waals surface area contributed by atoms with E-state index in [0.29, 0.717) is 6.61 Å². The summed E-state index contributed by atoms with van der Waals surface area (Å²) < 4.78 is 4.87. The maximum absolute atomic E-state index is 11.3. The summed E-state index contributed by atoms with van der Waals surface area (Å²) in [5, 5.41) is 0.720. The Bertz CT molecular complexity index is 472. The maximum atomic E-state index is 11.3. The number of benzene rings is 1. The maximum Gasteiger partial charge on any atom is 0.334 e. The molecular formula is C14H13ClO2. The first kappa shape index (κ1) is 11.9. The standard InChI is InChI=1S/C14H13ClO2/c1-10(13-8-9-17-14(13)16)2-3-11-4-6-12(15)7-5-11/h2-8,10H,9H2,1H3/b3-2+/t10-/m1/s1. The zero-order chi connectivity index (χ0) is 12.3. The van der Waals surface area contributed by atoms with Gasteiger partial charge in [0.15, 0.2) is 0 Å². The van der Waals surface area contributed by atoms with Gasteiger partial charge >= 0.3 is 5.97 Å². The second-order valence-corrected chi connectivity index (χ2v) is 4.39. The van der Waals surface area contributed by atoms with E-state index in [2.05, 4.69) is 0 Å². The van der Waals surface area contributed by atoms with Crippen LogP contribution in [0.15, 0.2) is 42.0 Å². The smallest absolute Gasteiger partial charge is 0.334 e. The fraction of sp³-hybridized carbons (Fsp3) is 0.214. The summed E-state index contributed by atoms with van der Waals surface area (Å²) in [4.78, 5) is 11.3. The van der Waals surface area contributed by atoms with E-state index in [0.717, 1.165) is 16.2 Å². The Kier molecular flexibility index (Phi) is 3.64. The van der Waals surface area contributed by atoms with E-state index in [4.69, 9.17) is 16.3 Å². The van der Waals surface area contributed by atoms with Gasteiger partial charge < -0.3 is 4.74 Å². The molecule has 0 aliphatic carbocycles. The van der Waals surface area contributed by atoms with Gasteiger partial charge in [-0.1, -0.05) is 42.8 Å². The van der Waals surface area contributed by atoms with Gasteiger partial charge in [0.25, 0.3) is 0 Å². The molecule has 1 aliphatic rings. The third kappa shape index (κ3) is 2.98. The summed E-state index contributed by atoms with van der Waals surface area (Å²) in [6.07, 6.45) is 5.80. The topological polar surface area (TPSA) is 26.3 Å². The largest absolute Gasteiger partial charge is 0.458 e. The summed E-state index contributed by atoms with van der Waals surface area (Å²) in [6.45, 7) is 2.37. The van der Waals surface area contributed by atoms with Gasteiger partial charge in [-0.3, -0.25) is 0 Å². The van der Waals surface area contributed by atoms with Crippen molar-refractivity contribution < 1.29 is 9.53 Å². The highest BCUT2D eigenvalue weighted by Gasteiger charge is 2.20. The number of hydrogen-bond acceptors (Lipinski definition) is 2. The van der Waals surface area contributed by atoms with Crippen LogP contribution in [0.2, 0.25) is 5.02 Å². The average molecular weight is 249 g/mol. The molecule has 0 saturated heterocycles. The number of cyclic esters (lactones) is 1. The minimum absolute atomic E-state index is 0.0701.